The third kappa shape index (κ3) is 4.93. The number of nitrogens with two attached hydrogens (primary N) is 1. The maximum Gasteiger partial charge on any atom is 0.0789 e. The molecule has 3 N–H and O–H groups in total. The first kappa shape index (κ1) is 12.9. The van der Waals surface area contributed by atoms with Crippen LogP contribution in [0.5, 0.6) is 0 Å². The molecule has 1 saturated heterocycles. The molecule has 1 heterocycles. The number of aliphatic hydroxyl groups excluding tert-OH is 1. The molecular formula is C11H25N3O. The van der Waals surface area contributed by atoms with Crippen molar-refractivity contribution in [3.8, 4) is 0 Å². The minimum absolute atomic E-state index is 0.359. The number of β-amino-alcohol motifs (C(OH)–C–C–N with tert-alkyl or cyclic N) is 1. The zero-order chi connectivity index (χ0) is 11.1. The van der Waals surface area contributed by atoms with E-state index in [1.807, 2.05) is 0 Å². The van der Waals surface area contributed by atoms with Gasteiger partial charge in [0.25, 0.3) is 0 Å². The van der Waals surface area contributed by atoms with E-state index in [0.29, 0.717) is 6.54 Å². The van der Waals surface area contributed by atoms with Crippen LogP contribution in [0.4, 0.5) is 0 Å². The summed E-state index contributed by atoms with van der Waals surface area (Å²) in [7, 11) is 0. The molecule has 0 spiro atoms. The van der Waals surface area contributed by atoms with Crippen molar-refractivity contribution in [1.29, 1.82) is 0 Å². The van der Waals surface area contributed by atoms with Crippen LogP contribution in [0.3, 0.4) is 0 Å². The first-order chi connectivity index (χ1) is 7.26. The summed E-state index contributed by atoms with van der Waals surface area (Å²) in [6.07, 6.45) is 2.07. The number of hydrogen-bond acceptors (Lipinski definition) is 4. The smallest absolute Gasteiger partial charge is 0.0789 e. The van der Waals surface area contributed by atoms with E-state index in [4.69, 9.17) is 5.73 Å². The predicted molar refractivity (Wildman–Crippen MR) is 62.8 cm³/mol. The van der Waals surface area contributed by atoms with Crippen LogP contribution in [0.2, 0.25) is 0 Å². The van der Waals surface area contributed by atoms with Crippen LogP contribution in [-0.2, 0) is 0 Å². The molecule has 4 nitrogen and oxygen atoms in total. The van der Waals surface area contributed by atoms with E-state index >= 15 is 0 Å². The topological polar surface area (TPSA) is 52.7 Å². The summed E-state index contributed by atoms with van der Waals surface area (Å²) in [5.41, 5.74) is 5.42. The molecule has 0 radical (unpaired) electrons. The number of rotatable bonds is 5. The molecule has 0 amide bonds. The SMILES string of the molecule is CCCN1CCCN(C[C@@H](O)CN)CC1. The van der Waals surface area contributed by atoms with Crippen molar-refractivity contribution in [2.24, 2.45) is 5.73 Å². The molecule has 4 heteroatoms. The summed E-state index contributed by atoms with van der Waals surface area (Å²) in [6, 6.07) is 0. The largest absolute Gasteiger partial charge is 0.390 e. The molecule has 90 valence electrons. The van der Waals surface area contributed by atoms with Crippen LogP contribution in [-0.4, -0.2) is 66.8 Å². The van der Waals surface area contributed by atoms with Crippen LogP contribution in [0.25, 0.3) is 0 Å². The van der Waals surface area contributed by atoms with Gasteiger partial charge in [0.2, 0.25) is 0 Å². The molecule has 0 aromatic rings. The highest BCUT2D eigenvalue weighted by Gasteiger charge is 2.15. The van der Waals surface area contributed by atoms with Crippen LogP contribution in [0.1, 0.15) is 19.8 Å². The normalized spacial score (nSPS) is 22.6. The van der Waals surface area contributed by atoms with E-state index in [9.17, 15) is 5.11 Å². The van der Waals surface area contributed by atoms with E-state index in [1.54, 1.807) is 0 Å². The summed E-state index contributed by atoms with van der Waals surface area (Å²) < 4.78 is 0. The zero-order valence-corrected chi connectivity index (χ0v) is 9.86. The van der Waals surface area contributed by atoms with Gasteiger partial charge in [-0.3, -0.25) is 4.90 Å². The zero-order valence-electron chi connectivity index (χ0n) is 9.86. The second-order valence-electron chi connectivity index (χ2n) is 4.39. The number of nitrogens with zero attached hydrogens (tertiary/aromatic N) is 2. The first-order valence-electron chi connectivity index (χ1n) is 6.09. The van der Waals surface area contributed by atoms with Gasteiger partial charge in [-0.05, 0) is 32.5 Å². The molecule has 0 bridgehead atoms. The summed E-state index contributed by atoms with van der Waals surface area (Å²) in [5, 5.41) is 9.49. The van der Waals surface area contributed by atoms with Crippen LogP contribution >= 0.6 is 0 Å². The molecule has 0 aromatic heterocycles. The Morgan fingerprint density at radius 1 is 1.20 bits per heavy atom. The van der Waals surface area contributed by atoms with Gasteiger partial charge in [0.15, 0.2) is 0 Å². The maximum atomic E-state index is 9.49. The molecule has 1 atom stereocenters. The van der Waals surface area contributed by atoms with Gasteiger partial charge in [0.1, 0.15) is 0 Å². The average molecular weight is 215 g/mol. The summed E-state index contributed by atoms with van der Waals surface area (Å²) in [6.45, 7) is 9.02. The standard InChI is InChI=1S/C11H25N3O/c1-2-4-13-5-3-6-14(8-7-13)10-11(15)9-12/h11,15H,2-10,12H2,1H3/t11-/m0/s1. The highest BCUT2D eigenvalue weighted by Crippen LogP contribution is 2.04. The molecule has 0 aliphatic carbocycles. The third-order valence-corrected chi connectivity index (χ3v) is 2.96. The van der Waals surface area contributed by atoms with E-state index in [0.717, 1.165) is 26.2 Å². The van der Waals surface area contributed by atoms with Gasteiger partial charge in [0, 0.05) is 26.2 Å². The van der Waals surface area contributed by atoms with Gasteiger partial charge in [-0.2, -0.15) is 0 Å². The quantitative estimate of drug-likeness (QED) is 0.662. The third-order valence-electron chi connectivity index (χ3n) is 2.96. The highest BCUT2D eigenvalue weighted by molar-refractivity contribution is 4.72. The Morgan fingerprint density at radius 3 is 2.53 bits per heavy atom. The summed E-state index contributed by atoms with van der Waals surface area (Å²) in [4.78, 5) is 4.84. The first-order valence-corrected chi connectivity index (χ1v) is 6.09. The second-order valence-corrected chi connectivity index (χ2v) is 4.39. The minimum Gasteiger partial charge on any atom is -0.390 e. The van der Waals surface area contributed by atoms with Gasteiger partial charge in [0.05, 0.1) is 6.10 Å². The van der Waals surface area contributed by atoms with Crippen LogP contribution in [0.15, 0.2) is 0 Å². The Hall–Kier alpha value is -0.160. The average Bonchev–Trinajstić information content (AvgIpc) is 2.45. The Labute approximate surface area is 93.0 Å². The lowest BCUT2D eigenvalue weighted by molar-refractivity contribution is 0.120. The van der Waals surface area contributed by atoms with Gasteiger partial charge in [-0.15, -0.1) is 0 Å². The maximum absolute atomic E-state index is 9.49. The van der Waals surface area contributed by atoms with Crippen molar-refractivity contribution < 1.29 is 5.11 Å². The molecule has 0 saturated carbocycles. The van der Waals surface area contributed by atoms with Gasteiger partial charge in [-0.25, -0.2) is 0 Å². The fourth-order valence-corrected chi connectivity index (χ4v) is 2.12. The fourth-order valence-electron chi connectivity index (χ4n) is 2.12. The monoisotopic (exact) mass is 215 g/mol. The Bertz CT molecular complexity index is 166. The van der Waals surface area contributed by atoms with E-state index < -0.39 is 0 Å². The molecule has 15 heavy (non-hydrogen) atoms. The van der Waals surface area contributed by atoms with Crippen molar-refractivity contribution in [3.63, 3.8) is 0 Å². The molecular weight excluding hydrogens is 190 g/mol. The van der Waals surface area contributed by atoms with Crippen molar-refractivity contribution >= 4 is 0 Å². The molecule has 0 unspecified atom stereocenters. The Kier molecular flexibility index (Phi) is 6.17. The van der Waals surface area contributed by atoms with Crippen molar-refractivity contribution in [2.75, 3.05) is 45.8 Å². The summed E-state index contributed by atoms with van der Waals surface area (Å²) in [5.74, 6) is 0. The number of hydrogen-bond donors (Lipinski definition) is 2. The van der Waals surface area contributed by atoms with Crippen molar-refractivity contribution in [1.82, 2.24) is 9.80 Å². The van der Waals surface area contributed by atoms with Crippen molar-refractivity contribution in [3.05, 3.63) is 0 Å². The second kappa shape index (κ2) is 7.17. The predicted octanol–water partition coefficient (Wildman–Crippen LogP) is -0.276. The van der Waals surface area contributed by atoms with Gasteiger partial charge < -0.3 is 15.7 Å². The van der Waals surface area contributed by atoms with Crippen LogP contribution in [0, 0.1) is 0 Å². The van der Waals surface area contributed by atoms with E-state index in [-0.39, 0.29) is 6.10 Å². The fraction of sp³-hybridized carbons (Fsp3) is 1.00. The van der Waals surface area contributed by atoms with Gasteiger partial charge in [-0.1, -0.05) is 6.92 Å². The Morgan fingerprint density at radius 2 is 1.87 bits per heavy atom. The lowest BCUT2D eigenvalue weighted by atomic mass is 10.3. The molecule has 1 rings (SSSR count). The van der Waals surface area contributed by atoms with Crippen molar-refractivity contribution in [2.45, 2.75) is 25.9 Å². The lowest BCUT2D eigenvalue weighted by Gasteiger charge is -2.23. The molecule has 0 aromatic carbocycles. The molecule has 1 fully saturated rings. The molecule has 1 aliphatic heterocycles. The minimum atomic E-state index is -0.359. The number of aliphatic hydroxyl groups is 1. The molecule has 1 aliphatic rings. The van der Waals surface area contributed by atoms with Crippen LogP contribution < -0.4 is 5.73 Å². The van der Waals surface area contributed by atoms with E-state index in [2.05, 4.69) is 16.7 Å². The summed E-state index contributed by atoms with van der Waals surface area (Å²) >= 11 is 0. The lowest BCUT2D eigenvalue weighted by Crippen LogP contribution is -2.38. The highest BCUT2D eigenvalue weighted by atomic mass is 16.3. The van der Waals surface area contributed by atoms with E-state index in [1.165, 1.54) is 25.9 Å². The Balaban J connectivity index is 2.26. The van der Waals surface area contributed by atoms with Gasteiger partial charge >= 0.3 is 0 Å².